The summed E-state index contributed by atoms with van der Waals surface area (Å²) >= 11 is 0. The van der Waals surface area contributed by atoms with Crippen molar-refractivity contribution < 1.29 is 4.79 Å². The van der Waals surface area contributed by atoms with Crippen LogP contribution >= 0.6 is 0 Å². The molecule has 0 bridgehead atoms. The molecule has 25 heavy (non-hydrogen) atoms. The van der Waals surface area contributed by atoms with Crippen LogP contribution in [0.25, 0.3) is 0 Å². The first-order valence-electron chi connectivity index (χ1n) is 8.75. The number of hydrogen-bond donors (Lipinski definition) is 2. The van der Waals surface area contributed by atoms with E-state index in [0.717, 1.165) is 44.6 Å². The molecule has 0 spiro atoms. The molecule has 1 fully saturated rings. The minimum absolute atomic E-state index is 0.00172. The first kappa shape index (κ1) is 19.0. The second-order valence-corrected chi connectivity index (χ2v) is 6.66. The van der Waals surface area contributed by atoms with Gasteiger partial charge in [0.25, 0.3) is 0 Å². The van der Waals surface area contributed by atoms with Gasteiger partial charge in [0.05, 0.1) is 12.0 Å². The van der Waals surface area contributed by atoms with Crippen LogP contribution in [-0.4, -0.2) is 73.1 Å². The lowest BCUT2D eigenvalue weighted by Gasteiger charge is -2.36. The van der Waals surface area contributed by atoms with E-state index in [1.54, 1.807) is 19.4 Å². The summed E-state index contributed by atoms with van der Waals surface area (Å²) in [5, 5.41) is 6.03. The van der Waals surface area contributed by atoms with Gasteiger partial charge in [0, 0.05) is 52.2 Å². The van der Waals surface area contributed by atoms with Gasteiger partial charge in [0.2, 0.25) is 11.9 Å². The molecule has 1 aliphatic heterocycles. The normalized spacial score (nSPS) is 15.9. The molecule has 8 nitrogen and oxygen atoms in total. The number of guanidine groups is 1. The van der Waals surface area contributed by atoms with Crippen molar-refractivity contribution >= 4 is 17.8 Å². The van der Waals surface area contributed by atoms with Gasteiger partial charge in [0.1, 0.15) is 0 Å². The molecule has 1 aromatic rings. The quantitative estimate of drug-likeness (QED) is 0.590. The van der Waals surface area contributed by atoms with Crippen molar-refractivity contribution in [2.24, 2.45) is 10.4 Å². The number of amides is 1. The Morgan fingerprint density at radius 1 is 1.24 bits per heavy atom. The molecule has 0 aromatic carbocycles. The molecular formula is C17H29N7O. The van der Waals surface area contributed by atoms with E-state index in [1.807, 2.05) is 26.8 Å². The molecule has 1 aliphatic rings. The van der Waals surface area contributed by atoms with Crippen LogP contribution in [0.4, 0.5) is 5.95 Å². The summed E-state index contributed by atoms with van der Waals surface area (Å²) in [4.78, 5) is 29.7. The fraction of sp³-hybridized carbons (Fsp3) is 0.647. The Balaban J connectivity index is 1.99. The van der Waals surface area contributed by atoms with E-state index < -0.39 is 5.41 Å². The number of nitrogens with one attached hydrogen (secondary N) is 2. The van der Waals surface area contributed by atoms with Crippen molar-refractivity contribution in [2.45, 2.75) is 20.8 Å². The summed E-state index contributed by atoms with van der Waals surface area (Å²) in [5.41, 5.74) is -0.533. The third-order valence-corrected chi connectivity index (χ3v) is 4.21. The first-order chi connectivity index (χ1) is 12.0. The van der Waals surface area contributed by atoms with Gasteiger partial charge in [-0.3, -0.25) is 9.79 Å². The van der Waals surface area contributed by atoms with Crippen LogP contribution in [0.1, 0.15) is 20.8 Å². The van der Waals surface area contributed by atoms with Crippen LogP contribution in [0.15, 0.2) is 23.5 Å². The number of hydrogen-bond acceptors (Lipinski definition) is 5. The monoisotopic (exact) mass is 347 g/mol. The van der Waals surface area contributed by atoms with Crippen molar-refractivity contribution in [3.63, 3.8) is 0 Å². The van der Waals surface area contributed by atoms with Crippen molar-refractivity contribution in [3.8, 4) is 0 Å². The van der Waals surface area contributed by atoms with E-state index >= 15 is 0 Å². The van der Waals surface area contributed by atoms with Gasteiger partial charge >= 0.3 is 0 Å². The number of carbonyl (C=O) groups is 1. The molecule has 1 amide bonds. The van der Waals surface area contributed by atoms with Crippen molar-refractivity contribution in [1.29, 1.82) is 0 Å². The lowest BCUT2D eigenvalue weighted by molar-refractivity contribution is -0.128. The van der Waals surface area contributed by atoms with E-state index in [4.69, 9.17) is 4.99 Å². The Morgan fingerprint density at radius 2 is 1.88 bits per heavy atom. The fourth-order valence-electron chi connectivity index (χ4n) is 2.68. The number of aliphatic imine (C=N–C) groups is 1. The molecule has 2 N–H and O–H groups in total. The maximum atomic E-state index is 11.9. The zero-order chi connectivity index (χ0) is 18.3. The molecular weight excluding hydrogens is 318 g/mol. The van der Waals surface area contributed by atoms with E-state index in [2.05, 4.69) is 30.4 Å². The summed E-state index contributed by atoms with van der Waals surface area (Å²) in [6.45, 7) is 10.5. The average Bonchev–Trinajstić information content (AvgIpc) is 2.65. The maximum absolute atomic E-state index is 11.9. The number of piperazine rings is 1. The number of aromatic nitrogens is 2. The van der Waals surface area contributed by atoms with E-state index in [-0.39, 0.29) is 5.91 Å². The first-order valence-corrected chi connectivity index (χ1v) is 8.75. The highest BCUT2D eigenvalue weighted by Gasteiger charge is 2.27. The van der Waals surface area contributed by atoms with Crippen LogP contribution in [0.5, 0.6) is 0 Å². The molecule has 0 unspecified atom stereocenters. The van der Waals surface area contributed by atoms with E-state index in [0.29, 0.717) is 6.54 Å². The predicted octanol–water partition coefficient (Wildman–Crippen LogP) is 0.336. The second-order valence-electron chi connectivity index (χ2n) is 6.66. The predicted molar refractivity (Wildman–Crippen MR) is 99.6 cm³/mol. The van der Waals surface area contributed by atoms with Crippen LogP contribution in [-0.2, 0) is 4.79 Å². The molecule has 1 saturated heterocycles. The molecule has 2 heterocycles. The highest BCUT2D eigenvalue weighted by molar-refractivity contribution is 5.83. The summed E-state index contributed by atoms with van der Waals surface area (Å²) in [5.74, 6) is 1.62. The number of anilines is 1. The van der Waals surface area contributed by atoms with Crippen molar-refractivity contribution in [3.05, 3.63) is 18.5 Å². The largest absolute Gasteiger partial charge is 0.359 e. The molecule has 2 rings (SSSR count). The smallest absolute Gasteiger partial charge is 0.227 e. The fourth-order valence-corrected chi connectivity index (χ4v) is 2.68. The maximum Gasteiger partial charge on any atom is 0.227 e. The summed E-state index contributed by atoms with van der Waals surface area (Å²) < 4.78 is 0. The van der Waals surface area contributed by atoms with Crippen LogP contribution in [0.2, 0.25) is 0 Å². The summed E-state index contributed by atoms with van der Waals surface area (Å²) in [6, 6.07) is 1.82. The third-order valence-electron chi connectivity index (χ3n) is 4.21. The zero-order valence-corrected chi connectivity index (χ0v) is 15.6. The molecule has 0 radical (unpaired) electrons. The SMILES string of the molecule is CCNC(=NCC(C)(C)C(=O)NC)N1CCN(c2ncccn2)CC1. The van der Waals surface area contributed by atoms with Gasteiger partial charge in [-0.1, -0.05) is 0 Å². The minimum Gasteiger partial charge on any atom is -0.359 e. The van der Waals surface area contributed by atoms with Gasteiger partial charge < -0.3 is 20.4 Å². The highest BCUT2D eigenvalue weighted by atomic mass is 16.2. The number of carbonyl (C=O) groups excluding carboxylic acids is 1. The van der Waals surface area contributed by atoms with Crippen LogP contribution in [0, 0.1) is 5.41 Å². The van der Waals surface area contributed by atoms with Gasteiger partial charge in [-0.05, 0) is 26.8 Å². The third kappa shape index (κ3) is 5.04. The van der Waals surface area contributed by atoms with Gasteiger partial charge in [-0.15, -0.1) is 0 Å². The minimum atomic E-state index is -0.533. The van der Waals surface area contributed by atoms with Crippen LogP contribution < -0.4 is 15.5 Å². The molecule has 8 heteroatoms. The van der Waals surface area contributed by atoms with Gasteiger partial charge in [0.15, 0.2) is 5.96 Å². The topological polar surface area (TPSA) is 85.8 Å². The Morgan fingerprint density at radius 3 is 2.44 bits per heavy atom. The summed E-state index contributed by atoms with van der Waals surface area (Å²) in [6.07, 6.45) is 3.53. The molecule has 0 atom stereocenters. The van der Waals surface area contributed by atoms with Crippen molar-refractivity contribution in [2.75, 3.05) is 51.2 Å². The Labute approximate surface area is 149 Å². The molecule has 1 aromatic heterocycles. The van der Waals surface area contributed by atoms with Crippen molar-refractivity contribution in [1.82, 2.24) is 25.5 Å². The number of rotatable bonds is 5. The van der Waals surface area contributed by atoms with E-state index in [9.17, 15) is 4.79 Å². The van der Waals surface area contributed by atoms with E-state index in [1.165, 1.54) is 0 Å². The summed E-state index contributed by atoms with van der Waals surface area (Å²) in [7, 11) is 1.66. The van der Waals surface area contributed by atoms with Crippen LogP contribution in [0.3, 0.4) is 0 Å². The average molecular weight is 347 g/mol. The molecule has 0 aliphatic carbocycles. The van der Waals surface area contributed by atoms with Gasteiger partial charge in [-0.25, -0.2) is 9.97 Å². The Bertz CT molecular complexity index is 580. The molecule has 138 valence electrons. The zero-order valence-electron chi connectivity index (χ0n) is 15.6. The number of nitrogens with zero attached hydrogens (tertiary/aromatic N) is 5. The lowest BCUT2D eigenvalue weighted by atomic mass is 9.93. The Hall–Kier alpha value is -2.38. The second kappa shape index (κ2) is 8.64. The molecule has 0 saturated carbocycles. The standard InChI is InChI=1S/C17H29N7O/c1-5-19-15(22-13-17(2,3)14(25)18-4)23-9-11-24(12-10-23)16-20-7-6-8-21-16/h6-8H,5,9-13H2,1-4H3,(H,18,25)(H,19,22). The lowest BCUT2D eigenvalue weighted by Crippen LogP contribution is -2.53. The highest BCUT2D eigenvalue weighted by Crippen LogP contribution is 2.16. The van der Waals surface area contributed by atoms with Gasteiger partial charge in [-0.2, -0.15) is 0 Å². The Kier molecular flexibility index (Phi) is 6.55.